The minimum Gasteiger partial charge on any atom is -0.490 e. The van der Waals surface area contributed by atoms with Crippen LogP contribution in [0.25, 0.3) is 0 Å². The van der Waals surface area contributed by atoms with Crippen LogP contribution in [0.1, 0.15) is 19.4 Å². The molecule has 0 aliphatic carbocycles. The highest BCUT2D eigenvalue weighted by Gasteiger charge is 2.09. The molecule has 0 saturated carbocycles. The third-order valence-corrected chi connectivity index (χ3v) is 2.31. The number of nitrogens with one attached hydrogen (secondary N) is 1. The molecule has 0 heterocycles. The summed E-state index contributed by atoms with van der Waals surface area (Å²) in [6.07, 6.45) is 1.41. The molecule has 0 atom stereocenters. The highest BCUT2D eigenvalue weighted by Crippen LogP contribution is 2.28. The van der Waals surface area contributed by atoms with E-state index in [0.717, 1.165) is 0 Å². The quantitative estimate of drug-likeness (QED) is 0.423. The van der Waals surface area contributed by atoms with Crippen molar-refractivity contribution in [1.82, 2.24) is 5.43 Å². The number of benzene rings is 1. The van der Waals surface area contributed by atoms with Gasteiger partial charge in [-0.25, -0.2) is 15.0 Å². The molecule has 2 amide bonds. The van der Waals surface area contributed by atoms with Crippen molar-refractivity contribution in [3.05, 3.63) is 23.8 Å². The lowest BCUT2D eigenvalue weighted by Crippen LogP contribution is -2.24. The predicted octanol–water partition coefficient (Wildman–Crippen LogP) is 1.03. The maximum Gasteiger partial charge on any atom is 0.344 e. The van der Waals surface area contributed by atoms with E-state index in [1.807, 2.05) is 6.92 Å². The van der Waals surface area contributed by atoms with Crippen LogP contribution in [0.5, 0.6) is 11.5 Å². The minimum absolute atomic E-state index is 0.204. The normalized spacial score (nSPS) is 10.3. The van der Waals surface area contributed by atoms with Gasteiger partial charge in [0.1, 0.15) is 0 Å². The number of urea groups is 1. The van der Waals surface area contributed by atoms with E-state index in [9.17, 15) is 9.59 Å². The molecule has 0 radical (unpaired) electrons. The van der Waals surface area contributed by atoms with Gasteiger partial charge in [0.05, 0.1) is 19.4 Å². The van der Waals surface area contributed by atoms with Crippen LogP contribution in [0.2, 0.25) is 0 Å². The molecule has 22 heavy (non-hydrogen) atoms. The van der Waals surface area contributed by atoms with E-state index in [4.69, 9.17) is 19.9 Å². The molecule has 1 aromatic rings. The minimum atomic E-state index is -0.754. The zero-order chi connectivity index (χ0) is 16.4. The Morgan fingerprint density at radius 3 is 2.64 bits per heavy atom. The van der Waals surface area contributed by atoms with Crippen LogP contribution in [0.4, 0.5) is 4.79 Å². The molecular weight excluding hydrogens is 290 g/mol. The van der Waals surface area contributed by atoms with Crippen LogP contribution in [-0.4, -0.2) is 38.0 Å². The van der Waals surface area contributed by atoms with Gasteiger partial charge in [0.25, 0.3) is 0 Å². The molecule has 0 fully saturated rings. The average Bonchev–Trinajstić information content (AvgIpc) is 2.46. The van der Waals surface area contributed by atoms with Gasteiger partial charge in [0.2, 0.25) is 0 Å². The van der Waals surface area contributed by atoms with Crippen molar-refractivity contribution in [2.75, 3.05) is 19.8 Å². The fourth-order valence-electron chi connectivity index (χ4n) is 1.50. The first kappa shape index (κ1) is 17.3. The van der Waals surface area contributed by atoms with Gasteiger partial charge in [-0.2, -0.15) is 5.10 Å². The number of esters is 1. The number of nitrogens with two attached hydrogens (primary N) is 1. The Hall–Kier alpha value is -2.77. The summed E-state index contributed by atoms with van der Waals surface area (Å²) >= 11 is 0. The van der Waals surface area contributed by atoms with Crippen molar-refractivity contribution in [3.63, 3.8) is 0 Å². The summed E-state index contributed by atoms with van der Waals surface area (Å²) in [7, 11) is 0. The summed E-state index contributed by atoms with van der Waals surface area (Å²) in [4.78, 5) is 21.8. The lowest BCUT2D eigenvalue weighted by atomic mass is 10.2. The molecule has 8 heteroatoms. The molecule has 0 bridgehead atoms. The van der Waals surface area contributed by atoms with E-state index in [1.165, 1.54) is 6.21 Å². The van der Waals surface area contributed by atoms with Gasteiger partial charge in [0, 0.05) is 0 Å². The first-order valence-corrected chi connectivity index (χ1v) is 6.70. The summed E-state index contributed by atoms with van der Waals surface area (Å²) in [5.74, 6) is 0.408. The molecule has 0 spiro atoms. The summed E-state index contributed by atoms with van der Waals surface area (Å²) in [6, 6.07) is 4.23. The van der Waals surface area contributed by atoms with E-state index >= 15 is 0 Å². The molecule has 0 aromatic heterocycles. The number of carbonyl (C=O) groups excluding carboxylic acids is 2. The summed E-state index contributed by atoms with van der Waals surface area (Å²) in [6.45, 7) is 4.06. The number of primary amides is 1. The van der Waals surface area contributed by atoms with Crippen LogP contribution >= 0.6 is 0 Å². The standard InChI is InChI=1S/C14H19N3O5/c1-3-20-12-7-10(8-16-17-14(15)19)5-6-11(12)22-9-13(18)21-4-2/h5-8H,3-4,9H2,1-2H3,(H3,15,17,19)/b16-8+. The van der Waals surface area contributed by atoms with Crippen LogP contribution in [0.15, 0.2) is 23.3 Å². The molecule has 120 valence electrons. The van der Waals surface area contributed by atoms with Gasteiger partial charge in [-0.3, -0.25) is 0 Å². The first-order valence-electron chi connectivity index (χ1n) is 6.70. The number of hydrogen-bond acceptors (Lipinski definition) is 6. The topological polar surface area (TPSA) is 112 Å². The third kappa shape index (κ3) is 6.12. The van der Waals surface area contributed by atoms with Crippen LogP contribution in [-0.2, 0) is 9.53 Å². The van der Waals surface area contributed by atoms with Crippen molar-refractivity contribution in [2.24, 2.45) is 10.8 Å². The van der Waals surface area contributed by atoms with Crippen LogP contribution < -0.4 is 20.6 Å². The molecule has 0 aliphatic rings. The van der Waals surface area contributed by atoms with Crippen molar-refractivity contribution in [3.8, 4) is 11.5 Å². The number of hydrazone groups is 1. The Balaban J connectivity index is 2.78. The highest BCUT2D eigenvalue weighted by molar-refractivity contribution is 5.82. The van der Waals surface area contributed by atoms with E-state index in [-0.39, 0.29) is 6.61 Å². The number of amides is 2. The van der Waals surface area contributed by atoms with Gasteiger partial charge >= 0.3 is 12.0 Å². The summed E-state index contributed by atoms with van der Waals surface area (Å²) in [5, 5.41) is 3.65. The number of nitrogens with zero attached hydrogens (tertiary/aromatic N) is 1. The molecule has 0 aliphatic heterocycles. The van der Waals surface area contributed by atoms with Crippen LogP contribution in [0, 0.1) is 0 Å². The Bertz CT molecular complexity index is 545. The van der Waals surface area contributed by atoms with Gasteiger partial charge in [0.15, 0.2) is 18.1 Å². The molecule has 0 saturated heterocycles. The molecular formula is C14H19N3O5. The summed E-state index contributed by atoms with van der Waals surface area (Å²) in [5.41, 5.74) is 7.66. The first-order chi connectivity index (χ1) is 10.6. The molecule has 8 nitrogen and oxygen atoms in total. The van der Waals surface area contributed by atoms with Gasteiger partial charge < -0.3 is 19.9 Å². The zero-order valence-corrected chi connectivity index (χ0v) is 12.5. The van der Waals surface area contributed by atoms with Gasteiger partial charge in [-0.05, 0) is 37.6 Å². The van der Waals surface area contributed by atoms with E-state index in [2.05, 4.69) is 10.5 Å². The largest absolute Gasteiger partial charge is 0.490 e. The third-order valence-electron chi connectivity index (χ3n) is 2.31. The Morgan fingerprint density at radius 1 is 1.23 bits per heavy atom. The smallest absolute Gasteiger partial charge is 0.344 e. The number of ether oxygens (including phenoxy) is 3. The number of rotatable bonds is 8. The van der Waals surface area contributed by atoms with Crippen molar-refractivity contribution in [1.29, 1.82) is 0 Å². The highest BCUT2D eigenvalue weighted by atomic mass is 16.6. The van der Waals surface area contributed by atoms with Crippen molar-refractivity contribution in [2.45, 2.75) is 13.8 Å². The van der Waals surface area contributed by atoms with Crippen molar-refractivity contribution >= 4 is 18.2 Å². The number of hydrogen-bond donors (Lipinski definition) is 2. The van der Waals surface area contributed by atoms with E-state index < -0.39 is 12.0 Å². The Morgan fingerprint density at radius 2 is 2.00 bits per heavy atom. The number of carbonyl (C=O) groups is 2. The second kappa shape index (κ2) is 9.22. The van der Waals surface area contributed by atoms with Crippen molar-refractivity contribution < 1.29 is 23.8 Å². The fraction of sp³-hybridized carbons (Fsp3) is 0.357. The summed E-state index contributed by atoms with van der Waals surface area (Å²) < 4.78 is 15.6. The average molecular weight is 309 g/mol. The van der Waals surface area contributed by atoms with E-state index in [0.29, 0.717) is 30.3 Å². The SMILES string of the molecule is CCOC(=O)COc1ccc(/C=N/NC(N)=O)cc1OCC. The lowest BCUT2D eigenvalue weighted by Gasteiger charge is -2.12. The Labute approximate surface area is 128 Å². The molecule has 0 unspecified atom stereocenters. The predicted molar refractivity (Wildman–Crippen MR) is 80.1 cm³/mol. The fourth-order valence-corrected chi connectivity index (χ4v) is 1.50. The second-order valence-corrected chi connectivity index (χ2v) is 3.97. The second-order valence-electron chi connectivity index (χ2n) is 3.97. The maximum absolute atomic E-state index is 11.3. The Kier molecular flexibility index (Phi) is 7.24. The molecule has 1 aromatic carbocycles. The van der Waals surface area contributed by atoms with E-state index in [1.54, 1.807) is 25.1 Å². The van der Waals surface area contributed by atoms with Gasteiger partial charge in [-0.15, -0.1) is 0 Å². The monoisotopic (exact) mass is 309 g/mol. The molecule has 3 N–H and O–H groups in total. The van der Waals surface area contributed by atoms with Gasteiger partial charge in [-0.1, -0.05) is 0 Å². The lowest BCUT2D eigenvalue weighted by molar-refractivity contribution is -0.145. The van der Waals surface area contributed by atoms with Crippen LogP contribution in [0.3, 0.4) is 0 Å². The molecule has 1 rings (SSSR count). The maximum atomic E-state index is 11.3. The zero-order valence-electron chi connectivity index (χ0n) is 12.5.